The fourth-order valence-electron chi connectivity index (χ4n) is 3.04. The summed E-state index contributed by atoms with van der Waals surface area (Å²) in [6.45, 7) is -0.233. The Morgan fingerprint density at radius 1 is 1.16 bits per heavy atom. The van der Waals surface area contributed by atoms with E-state index in [2.05, 4.69) is 15.9 Å². The molecule has 1 saturated heterocycles. The molecule has 0 bridgehead atoms. The summed E-state index contributed by atoms with van der Waals surface area (Å²) in [4.78, 5) is 28.2. The maximum absolute atomic E-state index is 13.4. The molecule has 10 heteroatoms. The third-order valence-electron chi connectivity index (χ3n) is 4.51. The van der Waals surface area contributed by atoms with E-state index in [1.54, 1.807) is 49.6 Å². The molecule has 0 spiro atoms. The van der Waals surface area contributed by atoms with Crippen molar-refractivity contribution in [3.63, 3.8) is 0 Å². The summed E-state index contributed by atoms with van der Waals surface area (Å²) in [5.41, 5.74) is 1.26. The number of anilines is 1. The first-order valence-corrected chi connectivity index (χ1v) is 10.5. The molecule has 0 radical (unpaired) electrons. The highest BCUT2D eigenvalue weighted by Crippen LogP contribution is 2.36. The number of benzene rings is 2. The van der Waals surface area contributed by atoms with E-state index in [0.29, 0.717) is 32.2 Å². The molecule has 0 unspecified atom stereocenters. The quantitative estimate of drug-likeness (QED) is 0.317. The Labute approximate surface area is 198 Å². The van der Waals surface area contributed by atoms with Gasteiger partial charge in [0.2, 0.25) is 0 Å². The van der Waals surface area contributed by atoms with Crippen molar-refractivity contribution in [2.75, 3.05) is 32.8 Å². The lowest BCUT2D eigenvalue weighted by Crippen LogP contribution is -2.35. The summed E-state index contributed by atoms with van der Waals surface area (Å²) in [5, 5.41) is 0.509. The highest BCUT2D eigenvalue weighted by molar-refractivity contribution is 9.10. The van der Waals surface area contributed by atoms with Gasteiger partial charge in [-0.3, -0.25) is 14.5 Å². The molecular formula is C21H18BrClN2O5S. The van der Waals surface area contributed by atoms with E-state index >= 15 is 0 Å². The van der Waals surface area contributed by atoms with Gasteiger partial charge in [0.1, 0.15) is 23.7 Å². The van der Waals surface area contributed by atoms with E-state index < -0.39 is 11.9 Å². The fourth-order valence-corrected chi connectivity index (χ4v) is 4.30. The molecule has 0 N–H and O–H groups in total. The number of hydrogen-bond acceptors (Lipinski definition) is 6. The Balaban J connectivity index is 2.12. The van der Waals surface area contributed by atoms with Crippen LogP contribution >= 0.6 is 39.7 Å². The molecule has 1 heterocycles. The van der Waals surface area contributed by atoms with Crippen molar-refractivity contribution < 1.29 is 23.8 Å². The molecule has 3 rings (SSSR count). The first kappa shape index (κ1) is 23.1. The van der Waals surface area contributed by atoms with Crippen molar-refractivity contribution in [1.82, 2.24) is 4.90 Å². The summed E-state index contributed by atoms with van der Waals surface area (Å²) >= 11 is 15.2. The van der Waals surface area contributed by atoms with Crippen molar-refractivity contribution in [2.45, 2.75) is 0 Å². The van der Waals surface area contributed by atoms with Gasteiger partial charge >= 0.3 is 5.97 Å². The topological polar surface area (TPSA) is 68.3 Å². The molecule has 0 atom stereocenters. The van der Waals surface area contributed by atoms with Gasteiger partial charge in [-0.15, -0.1) is 0 Å². The minimum Gasteiger partial charge on any atom is -0.497 e. The van der Waals surface area contributed by atoms with Gasteiger partial charge < -0.3 is 19.1 Å². The zero-order valence-electron chi connectivity index (χ0n) is 16.8. The third-order valence-corrected chi connectivity index (χ3v) is 5.66. The van der Waals surface area contributed by atoms with Crippen LogP contribution in [0.3, 0.4) is 0 Å². The van der Waals surface area contributed by atoms with Crippen molar-refractivity contribution in [3.8, 4) is 11.5 Å². The Morgan fingerprint density at radius 3 is 2.42 bits per heavy atom. The number of amides is 1. The summed E-state index contributed by atoms with van der Waals surface area (Å²) in [6, 6.07) is 10.3. The number of carbonyl (C=O) groups excluding carboxylic acids is 2. The van der Waals surface area contributed by atoms with Gasteiger partial charge in [-0.1, -0.05) is 27.5 Å². The van der Waals surface area contributed by atoms with Crippen LogP contribution in [0.5, 0.6) is 11.5 Å². The van der Waals surface area contributed by atoms with Gasteiger partial charge in [0.05, 0.1) is 32.0 Å². The van der Waals surface area contributed by atoms with E-state index in [0.717, 1.165) is 0 Å². The Kier molecular flexibility index (Phi) is 7.19. The molecule has 7 nitrogen and oxygen atoms in total. The zero-order chi connectivity index (χ0) is 22.7. The predicted octanol–water partition coefficient (Wildman–Crippen LogP) is 4.27. The predicted molar refractivity (Wildman–Crippen MR) is 125 cm³/mol. The van der Waals surface area contributed by atoms with Crippen LogP contribution < -0.4 is 14.4 Å². The van der Waals surface area contributed by atoms with Crippen LogP contribution in [-0.4, -0.2) is 49.8 Å². The van der Waals surface area contributed by atoms with E-state index in [-0.39, 0.29) is 17.4 Å². The molecule has 0 aliphatic carbocycles. The summed E-state index contributed by atoms with van der Waals surface area (Å²) in [6.07, 6.45) is 1.58. The van der Waals surface area contributed by atoms with Crippen molar-refractivity contribution in [2.24, 2.45) is 0 Å². The average Bonchev–Trinajstić information content (AvgIpc) is 2.97. The molecule has 0 saturated carbocycles. The van der Waals surface area contributed by atoms with Crippen LogP contribution in [0.15, 0.2) is 46.6 Å². The largest absolute Gasteiger partial charge is 0.497 e. The second-order valence-corrected chi connectivity index (χ2v) is 8.01. The lowest BCUT2D eigenvalue weighted by Gasteiger charge is -2.19. The Bertz CT molecular complexity index is 1070. The average molecular weight is 526 g/mol. The van der Waals surface area contributed by atoms with Gasteiger partial charge in [0.15, 0.2) is 5.11 Å². The van der Waals surface area contributed by atoms with Gasteiger partial charge in [-0.2, -0.15) is 0 Å². The van der Waals surface area contributed by atoms with Crippen LogP contribution in [-0.2, 0) is 14.3 Å². The van der Waals surface area contributed by atoms with E-state index in [1.165, 1.54) is 24.0 Å². The monoisotopic (exact) mass is 524 g/mol. The second-order valence-electron chi connectivity index (χ2n) is 6.32. The Hall–Kier alpha value is -2.62. The first-order chi connectivity index (χ1) is 14.8. The van der Waals surface area contributed by atoms with Crippen molar-refractivity contribution in [3.05, 3.63) is 57.2 Å². The van der Waals surface area contributed by atoms with Gasteiger partial charge in [0.25, 0.3) is 5.91 Å². The smallest absolute Gasteiger partial charge is 0.325 e. The molecule has 162 valence electrons. The van der Waals surface area contributed by atoms with Gasteiger partial charge in [0, 0.05) is 10.0 Å². The summed E-state index contributed by atoms with van der Waals surface area (Å²) in [5.74, 6) is 0.0723. The maximum Gasteiger partial charge on any atom is 0.325 e. The number of thiocarbonyl (C=S) groups is 1. The normalized spacial score (nSPS) is 14.9. The molecule has 1 amide bonds. The summed E-state index contributed by atoms with van der Waals surface area (Å²) in [7, 11) is 4.30. The number of halogens is 2. The molecule has 1 aliphatic rings. The molecule has 1 fully saturated rings. The van der Waals surface area contributed by atoms with Gasteiger partial charge in [-0.25, -0.2) is 0 Å². The van der Waals surface area contributed by atoms with Crippen LogP contribution in [0.2, 0.25) is 5.02 Å². The number of rotatable bonds is 6. The van der Waals surface area contributed by atoms with E-state index in [4.69, 9.17) is 38.0 Å². The molecular weight excluding hydrogens is 508 g/mol. The molecule has 2 aromatic carbocycles. The van der Waals surface area contributed by atoms with Crippen LogP contribution in [0.25, 0.3) is 6.08 Å². The van der Waals surface area contributed by atoms with E-state index in [9.17, 15) is 9.59 Å². The zero-order valence-corrected chi connectivity index (χ0v) is 20.0. The maximum atomic E-state index is 13.4. The van der Waals surface area contributed by atoms with Crippen LogP contribution in [0, 0.1) is 0 Å². The lowest BCUT2D eigenvalue weighted by molar-refractivity contribution is -0.140. The molecule has 31 heavy (non-hydrogen) atoms. The Morgan fingerprint density at radius 2 is 1.84 bits per heavy atom. The molecule has 1 aliphatic heterocycles. The number of esters is 1. The molecule has 2 aromatic rings. The fraction of sp³-hybridized carbons (Fsp3) is 0.190. The number of carbonyl (C=O) groups is 2. The lowest BCUT2D eigenvalue weighted by atomic mass is 10.1. The highest BCUT2D eigenvalue weighted by Gasteiger charge is 2.40. The number of methoxy groups -OCH3 is 3. The standard InChI is InChI=1S/C21H18BrClN2O5S/c1-28-15-6-4-14(5-7-15)25-20(27)17(24(21(25)31)11-18(26)29-2)9-12-8-13(22)10-16(23)19(12)30-3/h4-10H,11H2,1-3H3/b17-9-. The number of hydrogen-bond donors (Lipinski definition) is 0. The molecule has 0 aromatic heterocycles. The minimum atomic E-state index is -0.545. The van der Waals surface area contributed by atoms with Crippen LogP contribution in [0.4, 0.5) is 5.69 Å². The minimum absolute atomic E-state index is 0.145. The van der Waals surface area contributed by atoms with Crippen LogP contribution in [0.1, 0.15) is 5.56 Å². The number of ether oxygens (including phenoxy) is 3. The summed E-state index contributed by atoms with van der Waals surface area (Å²) < 4.78 is 16.1. The van der Waals surface area contributed by atoms with Gasteiger partial charge in [-0.05, 0) is 54.7 Å². The number of nitrogens with zero attached hydrogens (tertiary/aromatic N) is 2. The van der Waals surface area contributed by atoms with Crippen molar-refractivity contribution >= 4 is 68.5 Å². The third kappa shape index (κ3) is 4.68. The highest BCUT2D eigenvalue weighted by atomic mass is 79.9. The van der Waals surface area contributed by atoms with E-state index in [1.807, 2.05) is 0 Å². The first-order valence-electron chi connectivity index (χ1n) is 8.92. The SMILES string of the molecule is COC(=O)CN1C(=S)N(c2ccc(OC)cc2)C(=O)/C1=C/c1cc(Br)cc(Cl)c1OC. The second kappa shape index (κ2) is 9.67. The van der Waals surface area contributed by atoms with Crippen molar-refractivity contribution in [1.29, 1.82) is 0 Å².